The van der Waals surface area contributed by atoms with Gasteiger partial charge in [0, 0.05) is 6.08 Å². The van der Waals surface area contributed by atoms with Crippen molar-refractivity contribution in [2.24, 2.45) is 22.7 Å². The van der Waals surface area contributed by atoms with E-state index in [0.717, 1.165) is 30.4 Å². The van der Waals surface area contributed by atoms with Gasteiger partial charge < -0.3 is 15.3 Å². The first-order valence-electron chi connectivity index (χ1n) is 8.95. The highest BCUT2D eigenvalue weighted by atomic mass is 16.4. The maximum absolute atomic E-state index is 10.8. The minimum atomic E-state index is -0.916. The Morgan fingerprint density at radius 1 is 1.33 bits per heavy atom. The van der Waals surface area contributed by atoms with Crippen molar-refractivity contribution in [3.63, 3.8) is 0 Å². The lowest BCUT2D eigenvalue weighted by Gasteiger charge is -2.60. The van der Waals surface area contributed by atoms with E-state index in [1.807, 2.05) is 6.92 Å². The van der Waals surface area contributed by atoms with Gasteiger partial charge in [-0.3, -0.25) is 0 Å². The second kappa shape index (κ2) is 6.64. The average molecular weight is 336 g/mol. The van der Waals surface area contributed by atoms with Crippen LogP contribution in [-0.4, -0.2) is 33.5 Å². The highest BCUT2D eigenvalue weighted by molar-refractivity contribution is 5.80. The topological polar surface area (TPSA) is 77.8 Å². The van der Waals surface area contributed by atoms with Crippen molar-refractivity contribution in [2.45, 2.75) is 72.0 Å². The number of allylic oxidation sites excluding steroid dienone is 1. The fraction of sp³-hybridized carbons (Fsp3) is 0.750. The molecule has 0 aromatic rings. The third-order valence-electron chi connectivity index (χ3n) is 6.84. The number of rotatable bonds is 4. The normalized spacial score (nSPS) is 39.4. The molecule has 0 radical (unpaired) electrons. The number of carboxylic acid groups (broad SMARTS) is 1. The highest BCUT2D eigenvalue weighted by Crippen LogP contribution is 2.61. The highest BCUT2D eigenvalue weighted by Gasteiger charge is 2.57. The molecule has 0 heterocycles. The molecule has 4 nitrogen and oxygen atoms in total. The summed E-state index contributed by atoms with van der Waals surface area (Å²) < 4.78 is 0. The van der Waals surface area contributed by atoms with E-state index < -0.39 is 12.1 Å². The van der Waals surface area contributed by atoms with Crippen LogP contribution < -0.4 is 0 Å². The molecule has 0 amide bonds. The average Bonchev–Trinajstić information content (AvgIpc) is 2.46. The van der Waals surface area contributed by atoms with Crippen LogP contribution in [0.25, 0.3) is 0 Å². The molecule has 0 aromatic carbocycles. The van der Waals surface area contributed by atoms with E-state index in [1.165, 1.54) is 6.08 Å². The SMILES string of the molecule is C=C1[C@H](O)C[C@@H]2C(C)(C)[C@H](O)CC[C@@]2(C)[C@@H]1CC/C(C)=C\C(=O)O. The minimum absolute atomic E-state index is 0.0114. The molecule has 0 bridgehead atoms. The van der Waals surface area contributed by atoms with Crippen LogP contribution in [0.15, 0.2) is 23.8 Å². The first kappa shape index (κ1) is 19.2. The van der Waals surface area contributed by atoms with Crippen LogP contribution in [-0.2, 0) is 4.79 Å². The maximum atomic E-state index is 10.8. The fourth-order valence-corrected chi connectivity index (χ4v) is 5.27. The quantitative estimate of drug-likeness (QED) is 0.542. The number of aliphatic hydroxyl groups excluding tert-OH is 2. The molecule has 4 heteroatoms. The Morgan fingerprint density at radius 2 is 1.96 bits per heavy atom. The lowest BCUT2D eigenvalue weighted by Crippen LogP contribution is -2.57. The summed E-state index contributed by atoms with van der Waals surface area (Å²) in [6.45, 7) is 12.5. The van der Waals surface area contributed by atoms with E-state index in [1.54, 1.807) is 0 Å². The zero-order chi connectivity index (χ0) is 18.3. The van der Waals surface area contributed by atoms with Crippen molar-refractivity contribution >= 4 is 5.97 Å². The van der Waals surface area contributed by atoms with Crippen molar-refractivity contribution in [1.82, 2.24) is 0 Å². The summed E-state index contributed by atoms with van der Waals surface area (Å²) in [6.07, 6.45) is 4.20. The smallest absolute Gasteiger partial charge is 0.328 e. The minimum Gasteiger partial charge on any atom is -0.478 e. The van der Waals surface area contributed by atoms with Crippen molar-refractivity contribution in [1.29, 1.82) is 0 Å². The van der Waals surface area contributed by atoms with Crippen LogP contribution in [0.3, 0.4) is 0 Å². The summed E-state index contributed by atoms with van der Waals surface area (Å²) in [7, 11) is 0. The van der Waals surface area contributed by atoms with E-state index in [-0.39, 0.29) is 28.8 Å². The lowest BCUT2D eigenvalue weighted by atomic mass is 9.46. The molecule has 0 aliphatic heterocycles. The molecular weight excluding hydrogens is 304 g/mol. The zero-order valence-electron chi connectivity index (χ0n) is 15.4. The number of carbonyl (C=O) groups is 1. The molecule has 0 unspecified atom stereocenters. The molecule has 5 atom stereocenters. The lowest BCUT2D eigenvalue weighted by molar-refractivity contribution is -0.140. The second-order valence-corrected chi connectivity index (χ2v) is 8.68. The third kappa shape index (κ3) is 3.31. The molecule has 2 aliphatic carbocycles. The molecule has 3 N–H and O–H groups in total. The second-order valence-electron chi connectivity index (χ2n) is 8.68. The van der Waals surface area contributed by atoms with Gasteiger partial charge >= 0.3 is 5.97 Å². The van der Waals surface area contributed by atoms with Crippen LogP contribution in [0, 0.1) is 22.7 Å². The number of hydrogen-bond donors (Lipinski definition) is 3. The summed E-state index contributed by atoms with van der Waals surface area (Å²) in [5, 5.41) is 29.9. The van der Waals surface area contributed by atoms with Gasteiger partial charge in [-0.05, 0) is 67.3 Å². The summed E-state index contributed by atoms with van der Waals surface area (Å²) in [6, 6.07) is 0. The molecule has 2 fully saturated rings. The number of aliphatic carboxylic acids is 1. The monoisotopic (exact) mass is 336 g/mol. The predicted octanol–water partition coefficient (Wildman–Crippen LogP) is 3.54. The van der Waals surface area contributed by atoms with Crippen LogP contribution in [0.4, 0.5) is 0 Å². The van der Waals surface area contributed by atoms with Gasteiger partial charge in [0.1, 0.15) is 0 Å². The van der Waals surface area contributed by atoms with Crippen molar-refractivity contribution in [2.75, 3.05) is 0 Å². The Bertz CT molecular complexity index is 548. The van der Waals surface area contributed by atoms with Crippen molar-refractivity contribution < 1.29 is 20.1 Å². The van der Waals surface area contributed by atoms with E-state index in [9.17, 15) is 15.0 Å². The molecular formula is C20H32O4. The number of hydrogen-bond acceptors (Lipinski definition) is 3. The van der Waals surface area contributed by atoms with Gasteiger partial charge in [0.05, 0.1) is 12.2 Å². The van der Waals surface area contributed by atoms with Crippen LogP contribution in [0.2, 0.25) is 0 Å². The Balaban J connectivity index is 2.28. The molecule has 2 saturated carbocycles. The molecule has 0 spiro atoms. The largest absolute Gasteiger partial charge is 0.478 e. The predicted molar refractivity (Wildman–Crippen MR) is 94.5 cm³/mol. The summed E-state index contributed by atoms with van der Waals surface area (Å²) in [4.78, 5) is 10.8. The summed E-state index contributed by atoms with van der Waals surface area (Å²) >= 11 is 0. The van der Waals surface area contributed by atoms with Crippen LogP contribution in [0.5, 0.6) is 0 Å². The van der Waals surface area contributed by atoms with E-state index >= 15 is 0 Å². The van der Waals surface area contributed by atoms with Gasteiger partial charge in [0.15, 0.2) is 0 Å². The molecule has 0 aromatic heterocycles. The Kier molecular flexibility index (Phi) is 5.31. The van der Waals surface area contributed by atoms with Crippen molar-refractivity contribution in [3.05, 3.63) is 23.8 Å². The maximum Gasteiger partial charge on any atom is 0.328 e. The first-order chi connectivity index (χ1) is 11.0. The van der Waals surface area contributed by atoms with Crippen LogP contribution >= 0.6 is 0 Å². The van der Waals surface area contributed by atoms with E-state index in [2.05, 4.69) is 27.4 Å². The molecule has 2 aliphatic rings. The molecule has 24 heavy (non-hydrogen) atoms. The summed E-state index contributed by atoms with van der Waals surface area (Å²) in [5.74, 6) is -0.542. The van der Waals surface area contributed by atoms with Gasteiger partial charge in [-0.1, -0.05) is 32.9 Å². The first-order valence-corrected chi connectivity index (χ1v) is 8.95. The van der Waals surface area contributed by atoms with Crippen LogP contribution in [0.1, 0.15) is 59.8 Å². The number of carboxylic acids is 1. The third-order valence-corrected chi connectivity index (χ3v) is 6.84. The standard InChI is InChI=1S/C20H32O4/c1-12(10-18(23)24)6-7-14-13(2)15(21)11-16-19(3,4)17(22)8-9-20(14,16)5/h10,14-17,21-22H,2,6-9,11H2,1,3-5H3,(H,23,24)/b12-10-/t14-,15-,16-,17-,20+/m1/s1. The number of aliphatic hydroxyl groups is 2. The van der Waals surface area contributed by atoms with Gasteiger partial charge in [-0.25, -0.2) is 4.79 Å². The molecule has 0 saturated heterocycles. The van der Waals surface area contributed by atoms with Gasteiger partial charge in [0.25, 0.3) is 0 Å². The molecule has 136 valence electrons. The van der Waals surface area contributed by atoms with Gasteiger partial charge in [-0.2, -0.15) is 0 Å². The van der Waals surface area contributed by atoms with E-state index in [4.69, 9.17) is 5.11 Å². The fourth-order valence-electron chi connectivity index (χ4n) is 5.27. The Hall–Kier alpha value is -1.13. The number of fused-ring (bicyclic) bond motifs is 1. The molecule has 2 rings (SSSR count). The van der Waals surface area contributed by atoms with Crippen molar-refractivity contribution in [3.8, 4) is 0 Å². The van der Waals surface area contributed by atoms with E-state index in [0.29, 0.717) is 12.8 Å². The zero-order valence-corrected chi connectivity index (χ0v) is 15.4. The van der Waals surface area contributed by atoms with Gasteiger partial charge in [-0.15, -0.1) is 0 Å². The Labute approximate surface area is 145 Å². The summed E-state index contributed by atoms with van der Waals surface area (Å²) in [5.41, 5.74) is 1.47. The van der Waals surface area contributed by atoms with Gasteiger partial charge in [0.2, 0.25) is 0 Å². The Morgan fingerprint density at radius 3 is 2.54 bits per heavy atom.